The van der Waals surface area contributed by atoms with Crippen LogP contribution in [0.3, 0.4) is 0 Å². The third-order valence-electron chi connectivity index (χ3n) is 4.52. The molecule has 3 rings (SSSR count). The molecule has 0 bridgehead atoms. The second kappa shape index (κ2) is 5.04. The molecule has 2 unspecified atom stereocenters. The molecule has 2 atom stereocenters. The minimum Gasteiger partial charge on any atom is -0.486 e. The highest BCUT2D eigenvalue weighted by Crippen LogP contribution is 2.39. The zero-order valence-electron chi connectivity index (χ0n) is 11.7. The van der Waals surface area contributed by atoms with Crippen molar-refractivity contribution in [2.24, 2.45) is 11.7 Å². The van der Waals surface area contributed by atoms with Gasteiger partial charge >= 0.3 is 0 Å². The topological polar surface area (TPSA) is 44.5 Å². The predicted molar refractivity (Wildman–Crippen MR) is 75.5 cm³/mol. The van der Waals surface area contributed by atoms with Gasteiger partial charge in [0.05, 0.1) is 0 Å². The molecular formula is C16H23NO2. The highest BCUT2D eigenvalue weighted by molar-refractivity contribution is 5.45. The maximum atomic E-state index is 6.68. The Balaban J connectivity index is 1.88. The van der Waals surface area contributed by atoms with Crippen molar-refractivity contribution in [2.45, 2.75) is 44.6 Å². The maximum Gasteiger partial charge on any atom is 0.161 e. The van der Waals surface area contributed by atoms with E-state index in [2.05, 4.69) is 19.1 Å². The van der Waals surface area contributed by atoms with E-state index < -0.39 is 0 Å². The summed E-state index contributed by atoms with van der Waals surface area (Å²) >= 11 is 0. The highest BCUT2D eigenvalue weighted by atomic mass is 16.6. The van der Waals surface area contributed by atoms with Gasteiger partial charge in [0, 0.05) is 5.54 Å². The summed E-state index contributed by atoms with van der Waals surface area (Å²) < 4.78 is 11.2. The molecule has 0 aromatic heterocycles. The fraction of sp³-hybridized carbons (Fsp3) is 0.625. The van der Waals surface area contributed by atoms with Gasteiger partial charge in [-0.1, -0.05) is 25.8 Å². The summed E-state index contributed by atoms with van der Waals surface area (Å²) in [6.07, 6.45) is 5.85. The van der Waals surface area contributed by atoms with Crippen molar-refractivity contribution in [3.63, 3.8) is 0 Å². The summed E-state index contributed by atoms with van der Waals surface area (Å²) in [5, 5.41) is 0. The monoisotopic (exact) mass is 261 g/mol. The normalized spacial score (nSPS) is 30.7. The number of rotatable bonds is 1. The van der Waals surface area contributed by atoms with Gasteiger partial charge in [-0.25, -0.2) is 0 Å². The second-order valence-corrected chi connectivity index (χ2v) is 6.05. The smallest absolute Gasteiger partial charge is 0.161 e. The first-order chi connectivity index (χ1) is 9.17. The molecule has 3 heteroatoms. The molecule has 1 aliphatic heterocycles. The molecule has 1 aromatic carbocycles. The van der Waals surface area contributed by atoms with Crippen molar-refractivity contribution in [3.05, 3.63) is 23.8 Å². The van der Waals surface area contributed by atoms with Crippen LogP contribution in [0.15, 0.2) is 18.2 Å². The van der Waals surface area contributed by atoms with Gasteiger partial charge in [-0.2, -0.15) is 0 Å². The van der Waals surface area contributed by atoms with E-state index in [-0.39, 0.29) is 5.54 Å². The average Bonchev–Trinajstić information content (AvgIpc) is 2.61. The lowest BCUT2D eigenvalue weighted by Crippen LogP contribution is -2.36. The molecule has 1 heterocycles. The van der Waals surface area contributed by atoms with E-state index in [0.29, 0.717) is 13.2 Å². The van der Waals surface area contributed by atoms with E-state index in [1.54, 1.807) is 0 Å². The zero-order valence-corrected chi connectivity index (χ0v) is 11.7. The molecule has 0 spiro atoms. The van der Waals surface area contributed by atoms with Crippen LogP contribution in [-0.2, 0) is 5.54 Å². The SMILES string of the molecule is CC1CCCC(N)(c2ccc3c(c2)OCCO3)CC1. The molecule has 1 aromatic rings. The van der Waals surface area contributed by atoms with E-state index in [9.17, 15) is 0 Å². The molecule has 2 N–H and O–H groups in total. The lowest BCUT2D eigenvalue weighted by molar-refractivity contribution is 0.171. The standard InChI is InChI=1S/C16H23NO2/c1-12-3-2-7-16(17,8-6-12)13-4-5-14-15(11-13)19-10-9-18-14/h4-5,11-12H,2-3,6-10,17H2,1H3. The Bertz CT molecular complexity index is 460. The minimum absolute atomic E-state index is 0.194. The van der Waals surface area contributed by atoms with Gasteiger partial charge in [0.25, 0.3) is 0 Å². The lowest BCUT2D eigenvalue weighted by Gasteiger charge is -2.30. The van der Waals surface area contributed by atoms with E-state index >= 15 is 0 Å². The molecule has 0 radical (unpaired) electrons. The van der Waals surface area contributed by atoms with E-state index in [1.807, 2.05) is 6.07 Å². The third kappa shape index (κ3) is 2.57. The zero-order chi connectivity index (χ0) is 13.3. The molecule has 1 fully saturated rings. The van der Waals surface area contributed by atoms with Crippen molar-refractivity contribution in [1.82, 2.24) is 0 Å². The number of benzene rings is 1. The molecule has 104 valence electrons. The van der Waals surface area contributed by atoms with Crippen LogP contribution in [0.1, 0.15) is 44.6 Å². The number of fused-ring (bicyclic) bond motifs is 1. The van der Waals surface area contributed by atoms with Crippen molar-refractivity contribution in [2.75, 3.05) is 13.2 Å². The average molecular weight is 261 g/mol. The summed E-state index contributed by atoms with van der Waals surface area (Å²) in [5.74, 6) is 2.49. The Morgan fingerprint density at radius 3 is 2.74 bits per heavy atom. The van der Waals surface area contributed by atoms with Crippen LogP contribution in [0.5, 0.6) is 11.5 Å². The van der Waals surface area contributed by atoms with Gasteiger partial charge in [0.15, 0.2) is 11.5 Å². The van der Waals surface area contributed by atoms with Crippen LogP contribution >= 0.6 is 0 Å². The Morgan fingerprint density at radius 2 is 1.89 bits per heavy atom. The van der Waals surface area contributed by atoms with Crippen molar-refractivity contribution in [3.8, 4) is 11.5 Å². The van der Waals surface area contributed by atoms with Crippen LogP contribution < -0.4 is 15.2 Å². The fourth-order valence-electron chi connectivity index (χ4n) is 3.18. The van der Waals surface area contributed by atoms with Gasteiger partial charge < -0.3 is 15.2 Å². The van der Waals surface area contributed by atoms with Crippen LogP contribution in [0, 0.1) is 5.92 Å². The summed E-state index contributed by atoms with van der Waals surface area (Å²) in [7, 11) is 0. The van der Waals surface area contributed by atoms with Gasteiger partial charge in [-0.05, 0) is 42.9 Å². The molecule has 0 saturated heterocycles. The van der Waals surface area contributed by atoms with Crippen molar-refractivity contribution in [1.29, 1.82) is 0 Å². The number of ether oxygens (including phenoxy) is 2. The van der Waals surface area contributed by atoms with Gasteiger partial charge in [-0.15, -0.1) is 0 Å². The van der Waals surface area contributed by atoms with E-state index in [1.165, 1.54) is 24.8 Å². The fourth-order valence-corrected chi connectivity index (χ4v) is 3.18. The lowest BCUT2D eigenvalue weighted by atomic mass is 9.83. The number of hydrogen-bond acceptors (Lipinski definition) is 3. The molecule has 1 saturated carbocycles. The molecular weight excluding hydrogens is 238 g/mol. The summed E-state index contributed by atoms with van der Waals surface area (Å²) in [6.45, 7) is 3.60. The first-order valence-electron chi connectivity index (χ1n) is 7.36. The van der Waals surface area contributed by atoms with Crippen molar-refractivity contribution >= 4 is 0 Å². The Hall–Kier alpha value is -1.22. The van der Waals surface area contributed by atoms with Crippen LogP contribution in [0.25, 0.3) is 0 Å². The number of hydrogen-bond donors (Lipinski definition) is 1. The second-order valence-electron chi connectivity index (χ2n) is 6.05. The van der Waals surface area contributed by atoms with Gasteiger partial charge in [0.1, 0.15) is 13.2 Å². The molecule has 2 aliphatic rings. The van der Waals surface area contributed by atoms with Crippen LogP contribution in [-0.4, -0.2) is 13.2 Å². The quantitative estimate of drug-likeness (QED) is 0.789. The molecule has 19 heavy (non-hydrogen) atoms. The van der Waals surface area contributed by atoms with E-state index in [4.69, 9.17) is 15.2 Å². The summed E-state index contributed by atoms with van der Waals surface area (Å²) in [6, 6.07) is 6.21. The van der Waals surface area contributed by atoms with Crippen LogP contribution in [0.4, 0.5) is 0 Å². The third-order valence-corrected chi connectivity index (χ3v) is 4.52. The van der Waals surface area contributed by atoms with Crippen molar-refractivity contribution < 1.29 is 9.47 Å². The predicted octanol–water partition coefficient (Wildman–Crippen LogP) is 3.21. The summed E-state index contributed by atoms with van der Waals surface area (Å²) in [4.78, 5) is 0. The minimum atomic E-state index is -0.194. The summed E-state index contributed by atoms with van der Waals surface area (Å²) in [5.41, 5.74) is 7.69. The van der Waals surface area contributed by atoms with Gasteiger partial charge in [0.2, 0.25) is 0 Å². The van der Waals surface area contributed by atoms with E-state index in [0.717, 1.165) is 30.3 Å². The Labute approximate surface area is 115 Å². The Morgan fingerprint density at radius 1 is 1.11 bits per heavy atom. The number of nitrogens with two attached hydrogens (primary N) is 1. The first kappa shape index (κ1) is 12.8. The first-order valence-corrected chi connectivity index (χ1v) is 7.36. The molecule has 0 amide bonds. The molecule has 1 aliphatic carbocycles. The van der Waals surface area contributed by atoms with Gasteiger partial charge in [-0.3, -0.25) is 0 Å². The largest absolute Gasteiger partial charge is 0.486 e. The Kier molecular flexibility index (Phi) is 3.40. The van der Waals surface area contributed by atoms with Crippen LogP contribution in [0.2, 0.25) is 0 Å². The highest BCUT2D eigenvalue weighted by Gasteiger charge is 2.31. The molecule has 3 nitrogen and oxygen atoms in total. The maximum absolute atomic E-state index is 6.68.